The van der Waals surface area contributed by atoms with E-state index in [1.165, 1.54) is 0 Å². The van der Waals surface area contributed by atoms with Gasteiger partial charge in [-0.2, -0.15) is 15.2 Å². The first kappa shape index (κ1) is 19.3. The molecule has 0 unspecified atom stereocenters. The van der Waals surface area contributed by atoms with Crippen molar-refractivity contribution in [3.05, 3.63) is 59.7 Å². The maximum absolute atomic E-state index is 4.76. The molecule has 160 valence electrons. The van der Waals surface area contributed by atoms with Crippen molar-refractivity contribution in [3.63, 3.8) is 0 Å². The van der Waals surface area contributed by atoms with Crippen LogP contribution in [0.25, 0.3) is 27.6 Å². The monoisotopic (exact) mass is 489 g/mol. The minimum absolute atomic E-state index is 0.426. The average Bonchev–Trinajstić information content (AvgIpc) is 3.44. The maximum atomic E-state index is 4.76. The molecule has 5 heterocycles. The Morgan fingerprint density at radius 3 is 2.91 bits per heavy atom. The van der Waals surface area contributed by atoms with Gasteiger partial charge in [0.05, 0.1) is 34.5 Å². The minimum Gasteiger partial charge on any atom is -0.321 e. The van der Waals surface area contributed by atoms with E-state index in [-0.39, 0.29) is 0 Å². The third kappa shape index (κ3) is 3.51. The molecule has 0 radical (unpaired) electrons. The van der Waals surface area contributed by atoms with Crippen molar-refractivity contribution in [2.24, 2.45) is 0 Å². The van der Waals surface area contributed by atoms with Crippen LogP contribution in [-0.4, -0.2) is 47.6 Å². The number of nitrogens with one attached hydrogen (secondary N) is 2. The molecule has 4 aromatic heterocycles. The number of benzene rings is 1. The highest BCUT2D eigenvalue weighted by atomic mass is 79.9. The van der Waals surface area contributed by atoms with Crippen LogP contribution in [-0.2, 0) is 0 Å². The average molecular weight is 490 g/mol. The second-order valence-corrected chi connectivity index (χ2v) is 8.58. The number of pyridine rings is 1. The summed E-state index contributed by atoms with van der Waals surface area (Å²) in [4.78, 5) is 13.6. The topological polar surface area (TPSA) is 98.4 Å². The van der Waals surface area contributed by atoms with Gasteiger partial charge in [-0.05, 0) is 66.1 Å². The van der Waals surface area contributed by atoms with Crippen LogP contribution < -0.4 is 10.6 Å². The SMILES string of the molecule is Brc1nn(-c2ccc3ncccc3c2)c2nc(Nc3cnn(C4CCNCC4)c3)ncc12. The Hall–Kier alpha value is -3.37. The minimum atomic E-state index is 0.426. The third-order valence-corrected chi connectivity index (χ3v) is 6.34. The molecule has 0 aliphatic carbocycles. The molecule has 5 aromatic rings. The van der Waals surface area contributed by atoms with Crippen LogP contribution in [0.15, 0.2) is 59.7 Å². The number of rotatable bonds is 4. The molecule has 1 fully saturated rings. The summed E-state index contributed by atoms with van der Waals surface area (Å²) in [6, 6.07) is 10.4. The predicted molar refractivity (Wildman–Crippen MR) is 126 cm³/mol. The fourth-order valence-corrected chi connectivity index (χ4v) is 4.54. The zero-order valence-corrected chi connectivity index (χ0v) is 18.7. The summed E-state index contributed by atoms with van der Waals surface area (Å²) >= 11 is 3.54. The Balaban J connectivity index is 1.34. The lowest BCUT2D eigenvalue weighted by atomic mass is 10.1. The molecule has 2 N–H and O–H groups in total. The number of hydrogen-bond donors (Lipinski definition) is 2. The maximum Gasteiger partial charge on any atom is 0.229 e. The van der Waals surface area contributed by atoms with Crippen molar-refractivity contribution in [1.82, 2.24) is 39.8 Å². The molecule has 6 rings (SSSR count). The molecule has 9 nitrogen and oxygen atoms in total. The number of piperidine rings is 1. The summed E-state index contributed by atoms with van der Waals surface area (Å²) in [6.07, 6.45) is 9.57. The van der Waals surface area contributed by atoms with Gasteiger partial charge in [0.15, 0.2) is 5.65 Å². The number of halogens is 1. The van der Waals surface area contributed by atoms with Gasteiger partial charge in [0.2, 0.25) is 5.95 Å². The largest absolute Gasteiger partial charge is 0.321 e. The molecule has 32 heavy (non-hydrogen) atoms. The molecule has 1 aliphatic heterocycles. The Kier molecular flexibility index (Phi) is 4.80. The number of hydrogen-bond acceptors (Lipinski definition) is 7. The number of anilines is 2. The molecule has 0 atom stereocenters. The van der Waals surface area contributed by atoms with E-state index >= 15 is 0 Å². The van der Waals surface area contributed by atoms with Gasteiger partial charge >= 0.3 is 0 Å². The Bertz CT molecular complexity index is 1420. The van der Waals surface area contributed by atoms with Crippen molar-refractivity contribution >= 4 is 49.5 Å². The van der Waals surface area contributed by atoms with Crippen molar-refractivity contribution < 1.29 is 0 Å². The highest BCUT2D eigenvalue weighted by Gasteiger charge is 2.17. The number of fused-ring (bicyclic) bond motifs is 2. The van der Waals surface area contributed by atoms with Gasteiger partial charge in [0, 0.05) is 24.0 Å². The summed E-state index contributed by atoms with van der Waals surface area (Å²) in [6.45, 7) is 2.05. The highest BCUT2D eigenvalue weighted by molar-refractivity contribution is 9.10. The van der Waals surface area contributed by atoms with Gasteiger partial charge in [0.1, 0.15) is 4.60 Å². The lowest BCUT2D eigenvalue weighted by Crippen LogP contribution is -2.29. The molecular formula is C22H20BrN9. The van der Waals surface area contributed by atoms with Gasteiger partial charge in [-0.15, -0.1) is 0 Å². The highest BCUT2D eigenvalue weighted by Crippen LogP contribution is 2.27. The second-order valence-electron chi connectivity index (χ2n) is 7.83. The van der Waals surface area contributed by atoms with E-state index in [2.05, 4.69) is 52.8 Å². The molecule has 1 aliphatic rings. The molecule has 1 saturated heterocycles. The van der Waals surface area contributed by atoms with E-state index in [4.69, 9.17) is 4.98 Å². The van der Waals surface area contributed by atoms with Gasteiger partial charge in [-0.1, -0.05) is 6.07 Å². The Morgan fingerprint density at radius 1 is 1.09 bits per heavy atom. The van der Waals surface area contributed by atoms with Gasteiger partial charge in [0.25, 0.3) is 0 Å². The number of nitrogens with zero attached hydrogens (tertiary/aromatic N) is 7. The van der Waals surface area contributed by atoms with Gasteiger partial charge < -0.3 is 10.6 Å². The lowest BCUT2D eigenvalue weighted by Gasteiger charge is -2.22. The van der Waals surface area contributed by atoms with E-state index in [0.29, 0.717) is 22.2 Å². The zero-order chi connectivity index (χ0) is 21.5. The van der Waals surface area contributed by atoms with E-state index in [0.717, 1.165) is 53.6 Å². The Labute approximate surface area is 192 Å². The summed E-state index contributed by atoms with van der Waals surface area (Å²) in [5.41, 5.74) is 3.42. The van der Waals surface area contributed by atoms with Crippen molar-refractivity contribution in [2.45, 2.75) is 18.9 Å². The van der Waals surface area contributed by atoms with E-state index in [1.807, 2.05) is 46.0 Å². The van der Waals surface area contributed by atoms with Crippen LogP contribution in [0.3, 0.4) is 0 Å². The van der Waals surface area contributed by atoms with Crippen LogP contribution in [0.1, 0.15) is 18.9 Å². The van der Waals surface area contributed by atoms with Gasteiger partial charge in [-0.3, -0.25) is 9.67 Å². The van der Waals surface area contributed by atoms with Crippen LogP contribution >= 0.6 is 15.9 Å². The first-order valence-corrected chi connectivity index (χ1v) is 11.3. The van der Waals surface area contributed by atoms with Crippen molar-refractivity contribution in [3.8, 4) is 5.69 Å². The third-order valence-electron chi connectivity index (χ3n) is 5.75. The molecular weight excluding hydrogens is 470 g/mol. The van der Waals surface area contributed by atoms with E-state index < -0.39 is 0 Å². The quantitative estimate of drug-likeness (QED) is 0.393. The first-order chi connectivity index (χ1) is 15.7. The first-order valence-electron chi connectivity index (χ1n) is 10.5. The normalized spacial score (nSPS) is 14.9. The predicted octanol–water partition coefficient (Wildman–Crippen LogP) is 3.99. The van der Waals surface area contributed by atoms with Crippen LogP contribution in [0.4, 0.5) is 11.6 Å². The van der Waals surface area contributed by atoms with Crippen LogP contribution in [0.2, 0.25) is 0 Å². The van der Waals surface area contributed by atoms with E-state index in [9.17, 15) is 0 Å². The molecule has 0 saturated carbocycles. The molecule has 0 amide bonds. The molecule has 10 heteroatoms. The molecule has 0 spiro atoms. The van der Waals surface area contributed by atoms with Crippen molar-refractivity contribution in [1.29, 1.82) is 0 Å². The van der Waals surface area contributed by atoms with Gasteiger partial charge in [-0.25, -0.2) is 9.67 Å². The lowest BCUT2D eigenvalue weighted by molar-refractivity contribution is 0.343. The molecule has 1 aromatic carbocycles. The summed E-state index contributed by atoms with van der Waals surface area (Å²) < 4.78 is 4.55. The number of aromatic nitrogens is 7. The van der Waals surface area contributed by atoms with Crippen molar-refractivity contribution in [2.75, 3.05) is 18.4 Å². The summed E-state index contributed by atoms with van der Waals surface area (Å²) in [7, 11) is 0. The smallest absolute Gasteiger partial charge is 0.229 e. The summed E-state index contributed by atoms with van der Waals surface area (Å²) in [5, 5.41) is 17.7. The fourth-order valence-electron chi connectivity index (χ4n) is 4.11. The van der Waals surface area contributed by atoms with Crippen LogP contribution in [0, 0.1) is 0 Å². The Morgan fingerprint density at radius 2 is 2.00 bits per heavy atom. The summed E-state index contributed by atoms with van der Waals surface area (Å²) in [5.74, 6) is 0.499. The second kappa shape index (κ2) is 7.95. The van der Waals surface area contributed by atoms with Crippen LogP contribution in [0.5, 0.6) is 0 Å². The standard InChI is InChI=1S/C22H20BrN9/c23-20-18-12-26-22(28-15-11-27-31(13-15)16-5-8-24-9-6-16)29-21(18)32(30-20)17-3-4-19-14(10-17)2-1-7-25-19/h1-4,7,10-13,16,24H,5-6,8-9H2,(H,26,28,29). The zero-order valence-electron chi connectivity index (χ0n) is 17.1. The fraction of sp³-hybridized carbons (Fsp3) is 0.227. The van der Waals surface area contributed by atoms with E-state index in [1.54, 1.807) is 12.4 Å². The molecule has 0 bridgehead atoms.